The second-order valence-electron chi connectivity index (χ2n) is 4.59. The second-order valence-corrected chi connectivity index (χ2v) is 4.59. The fourth-order valence-corrected chi connectivity index (χ4v) is 2.05. The van der Waals surface area contributed by atoms with Crippen LogP contribution in [0.1, 0.15) is 6.42 Å². The number of rotatable bonds is 6. The molecule has 0 aliphatic rings. The summed E-state index contributed by atoms with van der Waals surface area (Å²) in [5.74, 6) is 0. The molecule has 0 unspecified atom stereocenters. The predicted molar refractivity (Wildman–Crippen MR) is 78.9 cm³/mol. The van der Waals surface area contributed by atoms with Crippen LogP contribution in [0.4, 0.5) is 5.69 Å². The molecule has 1 N–H and O–H groups in total. The average molecular weight is 267 g/mol. The van der Waals surface area contributed by atoms with E-state index in [1.807, 2.05) is 59.9 Å². The number of benzene rings is 1. The molecule has 0 bridgehead atoms. The highest BCUT2D eigenvalue weighted by Crippen LogP contribution is 2.11. The summed E-state index contributed by atoms with van der Waals surface area (Å²) in [5.41, 5.74) is 2.11. The molecule has 3 rings (SSSR count). The molecule has 102 valence electrons. The number of para-hydroxylation sites is 1. The van der Waals surface area contributed by atoms with E-state index in [0.29, 0.717) is 0 Å². The number of nitrogens with zero attached hydrogens (tertiary/aromatic N) is 4. The van der Waals surface area contributed by atoms with Crippen LogP contribution in [-0.4, -0.2) is 25.9 Å². The minimum Gasteiger partial charge on any atom is -0.382 e. The molecule has 0 saturated carbocycles. The van der Waals surface area contributed by atoms with Crippen LogP contribution in [0.3, 0.4) is 0 Å². The van der Waals surface area contributed by atoms with Crippen LogP contribution < -0.4 is 5.32 Å². The van der Waals surface area contributed by atoms with Gasteiger partial charge < -0.3 is 9.88 Å². The van der Waals surface area contributed by atoms with E-state index in [2.05, 4.69) is 20.0 Å². The van der Waals surface area contributed by atoms with Gasteiger partial charge >= 0.3 is 0 Å². The Labute approximate surface area is 117 Å². The normalized spacial score (nSPS) is 10.6. The number of anilines is 1. The van der Waals surface area contributed by atoms with Gasteiger partial charge in [-0.15, -0.1) is 0 Å². The van der Waals surface area contributed by atoms with Crippen molar-refractivity contribution < 1.29 is 0 Å². The van der Waals surface area contributed by atoms with Crippen molar-refractivity contribution in [2.24, 2.45) is 0 Å². The van der Waals surface area contributed by atoms with Crippen LogP contribution in [0, 0.1) is 0 Å². The quantitative estimate of drug-likeness (QED) is 0.698. The van der Waals surface area contributed by atoms with Gasteiger partial charge in [0.05, 0.1) is 30.1 Å². The fraction of sp³-hybridized carbons (Fsp3) is 0.200. The molecule has 0 aliphatic carbocycles. The number of nitrogens with one attached hydrogen (secondary N) is 1. The second kappa shape index (κ2) is 6.06. The summed E-state index contributed by atoms with van der Waals surface area (Å²) < 4.78 is 3.95. The standard InChI is InChI=1S/C15H17N5/c1-2-5-15(6-3-1)20-12-14(11-18-20)17-7-4-9-19-10-8-16-13-19/h1-3,5-6,8,10-13,17H,4,7,9H2. The monoisotopic (exact) mass is 267 g/mol. The Morgan fingerprint density at radius 3 is 2.85 bits per heavy atom. The van der Waals surface area contributed by atoms with Gasteiger partial charge in [0.2, 0.25) is 0 Å². The maximum absolute atomic E-state index is 4.35. The highest BCUT2D eigenvalue weighted by atomic mass is 15.3. The van der Waals surface area contributed by atoms with E-state index >= 15 is 0 Å². The van der Waals surface area contributed by atoms with Gasteiger partial charge in [-0.2, -0.15) is 5.10 Å². The highest BCUT2D eigenvalue weighted by Gasteiger charge is 1.99. The van der Waals surface area contributed by atoms with Crippen molar-refractivity contribution in [1.82, 2.24) is 19.3 Å². The van der Waals surface area contributed by atoms with Gasteiger partial charge in [-0.25, -0.2) is 9.67 Å². The maximum atomic E-state index is 4.35. The largest absolute Gasteiger partial charge is 0.382 e. The van der Waals surface area contributed by atoms with Crippen LogP contribution in [0.25, 0.3) is 5.69 Å². The van der Waals surface area contributed by atoms with Crippen molar-refractivity contribution in [1.29, 1.82) is 0 Å². The molecule has 20 heavy (non-hydrogen) atoms. The summed E-state index contributed by atoms with van der Waals surface area (Å²) in [7, 11) is 0. The number of imidazole rings is 1. The van der Waals surface area contributed by atoms with E-state index in [1.165, 1.54) is 0 Å². The molecule has 5 nitrogen and oxygen atoms in total. The number of hydrogen-bond acceptors (Lipinski definition) is 3. The van der Waals surface area contributed by atoms with Crippen LogP contribution in [0.2, 0.25) is 0 Å². The third-order valence-corrected chi connectivity index (χ3v) is 3.08. The summed E-state index contributed by atoms with van der Waals surface area (Å²) in [6.07, 6.45) is 10.5. The summed E-state index contributed by atoms with van der Waals surface area (Å²) in [5, 5.41) is 7.73. The van der Waals surface area contributed by atoms with E-state index in [0.717, 1.165) is 30.9 Å². The van der Waals surface area contributed by atoms with Gasteiger partial charge in [-0.3, -0.25) is 0 Å². The Morgan fingerprint density at radius 1 is 1.15 bits per heavy atom. The molecule has 1 aromatic carbocycles. The molecule has 0 radical (unpaired) electrons. The summed E-state index contributed by atoms with van der Waals surface area (Å²) in [6.45, 7) is 1.89. The van der Waals surface area contributed by atoms with Crippen LogP contribution in [-0.2, 0) is 6.54 Å². The van der Waals surface area contributed by atoms with Gasteiger partial charge in [0, 0.05) is 25.5 Å². The number of hydrogen-bond donors (Lipinski definition) is 1. The first-order valence-corrected chi connectivity index (χ1v) is 6.71. The fourth-order valence-electron chi connectivity index (χ4n) is 2.05. The lowest BCUT2D eigenvalue weighted by atomic mass is 10.3. The van der Waals surface area contributed by atoms with E-state index in [-0.39, 0.29) is 0 Å². The van der Waals surface area contributed by atoms with Gasteiger partial charge in [0.25, 0.3) is 0 Å². The molecule has 0 fully saturated rings. The van der Waals surface area contributed by atoms with E-state index < -0.39 is 0 Å². The van der Waals surface area contributed by atoms with Gasteiger partial charge in [0.1, 0.15) is 0 Å². The number of aromatic nitrogens is 4. The summed E-state index contributed by atoms with van der Waals surface area (Å²) >= 11 is 0. The highest BCUT2D eigenvalue weighted by molar-refractivity contribution is 5.42. The maximum Gasteiger partial charge on any atom is 0.0945 e. The Bertz CT molecular complexity index is 627. The third-order valence-electron chi connectivity index (χ3n) is 3.08. The molecule has 5 heteroatoms. The van der Waals surface area contributed by atoms with Crippen molar-refractivity contribution in [2.45, 2.75) is 13.0 Å². The predicted octanol–water partition coefficient (Wildman–Crippen LogP) is 2.57. The minimum absolute atomic E-state index is 0.915. The molecular formula is C15H17N5. The lowest BCUT2D eigenvalue weighted by Crippen LogP contribution is -2.05. The lowest BCUT2D eigenvalue weighted by Gasteiger charge is -2.04. The molecule has 2 heterocycles. The van der Waals surface area contributed by atoms with Crippen molar-refractivity contribution in [2.75, 3.05) is 11.9 Å². The zero-order valence-corrected chi connectivity index (χ0v) is 11.2. The zero-order chi connectivity index (χ0) is 13.6. The van der Waals surface area contributed by atoms with Crippen molar-refractivity contribution in [3.8, 4) is 5.69 Å². The van der Waals surface area contributed by atoms with Gasteiger partial charge in [0.15, 0.2) is 0 Å². The lowest BCUT2D eigenvalue weighted by molar-refractivity contribution is 0.661. The number of aryl methyl sites for hydroxylation is 1. The first kappa shape index (κ1) is 12.5. The Morgan fingerprint density at radius 2 is 2.05 bits per heavy atom. The van der Waals surface area contributed by atoms with Gasteiger partial charge in [-0.1, -0.05) is 18.2 Å². The smallest absolute Gasteiger partial charge is 0.0945 e. The zero-order valence-electron chi connectivity index (χ0n) is 11.2. The molecule has 0 spiro atoms. The Balaban J connectivity index is 1.50. The average Bonchev–Trinajstić information content (AvgIpc) is 3.16. The topological polar surface area (TPSA) is 47.7 Å². The molecule has 0 saturated heterocycles. The molecular weight excluding hydrogens is 250 g/mol. The first-order valence-electron chi connectivity index (χ1n) is 6.71. The SMILES string of the molecule is c1ccc(-n2cc(NCCCn3ccnc3)cn2)cc1. The summed E-state index contributed by atoms with van der Waals surface area (Å²) in [4.78, 5) is 4.03. The molecule has 2 aromatic heterocycles. The van der Waals surface area contributed by atoms with Crippen LogP contribution in [0.15, 0.2) is 61.4 Å². The molecule has 0 aliphatic heterocycles. The van der Waals surface area contributed by atoms with E-state index in [4.69, 9.17) is 0 Å². The molecule has 0 amide bonds. The Kier molecular flexibility index (Phi) is 3.78. The van der Waals surface area contributed by atoms with E-state index in [9.17, 15) is 0 Å². The van der Waals surface area contributed by atoms with E-state index in [1.54, 1.807) is 6.20 Å². The van der Waals surface area contributed by atoms with Crippen molar-refractivity contribution in [3.63, 3.8) is 0 Å². The van der Waals surface area contributed by atoms with Crippen molar-refractivity contribution in [3.05, 3.63) is 61.4 Å². The van der Waals surface area contributed by atoms with Crippen LogP contribution >= 0.6 is 0 Å². The Hall–Kier alpha value is -2.56. The van der Waals surface area contributed by atoms with Crippen molar-refractivity contribution >= 4 is 5.69 Å². The third kappa shape index (κ3) is 3.06. The molecule has 0 atom stereocenters. The minimum atomic E-state index is 0.915. The first-order chi connectivity index (χ1) is 9.92. The summed E-state index contributed by atoms with van der Waals surface area (Å²) in [6, 6.07) is 10.1. The van der Waals surface area contributed by atoms with Crippen LogP contribution in [0.5, 0.6) is 0 Å². The molecule has 3 aromatic rings. The van der Waals surface area contributed by atoms with Gasteiger partial charge in [-0.05, 0) is 18.6 Å².